The number of phenols is 1. The maximum atomic E-state index is 11.0. The van der Waals surface area contributed by atoms with E-state index in [-0.39, 0.29) is 12.2 Å². The van der Waals surface area contributed by atoms with E-state index in [4.69, 9.17) is 16.7 Å². The largest absolute Gasteiger partial charge is 0.508 e. The minimum absolute atomic E-state index is 0.0732. The van der Waals surface area contributed by atoms with Crippen LogP contribution in [0.15, 0.2) is 42.5 Å². The molecule has 0 radical (unpaired) electrons. The van der Waals surface area contributed by atoms with Crippen molar-refractivity contribution in [2.75, 3.05) is 0 Å². The minimum atomic E-state index is -0.819. The Morgan fingerprint density at radius 2 is 1.88 bits per heavy atom. The van der Waals surface area contributed by atoms with Gasteiger partial charge >= 0.3 is 5.97 Å². The number of benzene rings is 2. The Morgan fingerprint density at radius 3 is 2.54 bits per heavy atom. The Bertz CT molecular complexity index is 897. The van der Waals surface area contributed by atoms with Crippen LogP contribution in [0.2, 0.25) is 5.02 Å². The Labute approximate surface area is 144 Å². The molecule has 4 nitrogen and oxygen atoms in total. The molecule has 0 bridgehead atoms. The number of hydrogen-bond acceptors (Lipinski definition) is 2. The molecule has 0 aliphatic rings. The van der Waals surface area contributed by atoms with Crippen LogP contribution in [0.25, 0.3) is 10.9 Å². The number of rotatable bonds is 5. The van der Waals surface area contributed by atoms with Crippen molar-refractivity contribution in [2.24, 2.45) is 0 Å². The van der Waals surface area contributed by atoms with E-state index in [9.17, 15) is 9.90 Å². The zero-order chi connectivity index (χ0) is 17.3. The van der Waals surface area contributed by atoms with Crippen LogP contribution in [-0.2, 0) is 17.8 Å². The monoisotopic (exact) mass is 343 g/mol. The van der Waals surface area contributed by atoms with Crippen molar-refractivity contribution in [3.63, 3.8) is 0 Å². The fourth-order valence-electron chi connectivity index (χ4n) is 3.06. The molecule has 0 saturated heterocycles. The number of carboxylic acid groups (broad SMARTS) is 1. The fourth-order valence-corrected chi connectivity index (χ4v) is 3.19. The minimum Gasteiger partial charge on any atom is -0.508 e. The summed E-state index contributed by atoms with van der Waals surface area (Å²) in [5.74, 6) is -0.612. The highest BCUT2D eigenvalue weighted by Gasteiger charge is 2.16. The quantitative estimate of drug-likeness (QED) is 0.723. The first-order valence-electron chi connectivity index (χ1n) is 7.72. The molecule has 2 N–H and O–H groups in total. The predicted molar refractivity (Wildman–Crippen MR) is 94.9 cm³/mol. The van der Waals surface area contributed by atoms with E-state index in [1.54, 1.807) is 12.1 Å². The van der Waals surface area contributed by atoms with Gasteiger partial charge in [0.05, 0.1) is 6.42 Å². The number of halogens is 1. The summed E-state index contributed by atoms with van der Waals surface area (Å²) < 4.78 is 2.12. The number of nitrogens with zero attached hydrogens (tertiary/aromatic N) is 1. The van der Waals surface area contributed by atoms with Gasteiger partial charge in [-0.15, -0.1) is 0 Å². The molecule has 2 aromatic carbocycles. The van der Waals surface area contributed by atoms with Gasteiger partial charge in [-0.3, -0.25) is 4.79 Å². The van der Waals surface area contributed by atoms with Crippen molar-refractivity contribution in [3.05, 3.63) is 64.3 Å². The molecule has 0 aliphatic carbocycles. The summed E-state index contributed by atoms with van der Waals surface area (Å²) in [5, 5.41) is 20.4. The molecular formula is C19H18ClNO3. The van der Waals surface area contributed by atoms with E-state index < -0.39 is 5.97 Å². The van der Waals surface area contributed by atoms with E-state index in [0.717, 1.165) is 27.7 Å². The predicted octanol–water partition coefficient (Wildman–Crippen LogP) is 4.37. The zero-order valence-corrected chi connectivity index (χ0v) is 14.0. The van der Waals surface area contributed by atoms with Gasteiger partial charge in [0.15, 0.2) is 0 Å². The molecule has 1 heterocycles. The third kappa shape index (κ3) is 3.24. The van der Waals surface area contributed by atoms with Gasteiger partial charge in [0.2, 0.25) is 0 Å². The lowest BCUT2D eigenvalue weighted by molar-refractivity contribution is -0.136. The van der Waals surface area contributed by atoms with E-state index in [2.05, 4.69) is 4.57 Å². The highest BCUT2D eigenvalue weighted by Crippen LogP contribution is 2.30. The van der Waals surface area contributed by atoms with Crippen molar-refractivity contribution < 1.29 is 15.0 Å². The van der Waals surface area contributed by atoms with Gasteiger partial charge in [-0.1, -0.05) is 23.7 Å². The molecule has 0 aliphatic heterocycles. The van der Waals surface area contributed by atoms with Gasteiger partial charge in [-0.05, 0) is 54.8 Å². The lowest BCUT2D eigenvalue weighted by atomic mass is 10.1. The molecule has 124 valence electrons. The highest BCUT2D eigenvalue weighted by atomic mass is 35.5. The standard InChI is InChI=1S/C19H18ClNO3/c1-12-16-10-15(22)6-7-18(16)21(17(12)8-9-19(23)24)11-13-2-4-14(20)5-3-13/h2-7,10,22H,8-9,11H2,1H3,(H,23,24). The fraction of sp³-hybridized carbons (Fsp3) is 0.211. The van der Waals surface area contributed by atoms with Gasteiger partial charge in [-0.25, -0.2) is 0 Å². The second-order valence-corrected chi connectivity index (χ2v) is 6.32. The Balaban J connectivity index is 2.10. The number of carbonyl (C=O) groups is 1. The van der Waals surface area contributed by atoms with Crippen LogP contribution in [-0.4, -0.2) is 20.7 Å². The van der Waals surface area contributed by atoms with Gasteiger partial charge < -0.3 is 14.8 Å². The molecule has 24 heavy (non-hydrogen) atoms. The molecule has 5 heteroatoms. The van der Waals surface area contributed by atoms with Crippen LogP contribution in [0, 0.1) is 6.92 Å². The maximum absolute atomic E-state index is 11.0. The van der Waals surface area contributed by atoms with Gasteiger partial charge in [0.1, 0.15) is 5.75 Å². The maximum Gasteiger partial charge on any atom is 0.303 e. The van der Waals surface area contributed by atoms with Crippen molar-refractivity contribution in [3.8, 4) is 5.75 Å². The molecule has 0 atom stereocenters. The number of hydrogen-bond donors (Lipinski definition) is 2. The third-order valence-electron chi connectivity index (χ3n) is 4.26. The molecule has 0 spiro atoms. The second kappa shape index (κ2) is 6.57. The summed E-state index contributed by atoms with van der Waals surface area (Å²) in [6.45, 7) is 2.60. The summed E-state index contributed by atoms with van der Waals surface area (Å²) >= 11 is 5.95. The number of aryl methyl sites for hydroxylation is 1. The van der Waals surface area contributed by atoms with E-state index >= 15 is 0 Å². The number of aliphatic carboxylic acids is 1. The third-order valence-corrected chi connectivity index (χ3v) is 4.52. The number of phenolic OH excluding ortho intramolecular Hbond substituents is 1. The van der Waals surface area contributed by atoms with Crippen LogP contribution in [0.5, 0.6) is 5.75 Å². The van der Waals surface area contributed by atoms with Gasteiger partial charge in [0.25, 0.3) is 0 Å². The van der Waals surface area contributed by atoms with Gasteiger partial charge in [0, 0.05) is 28.2 Å². The smallest absolute Gasteiger partial charge is 0.303 e. The van der Waals surface area contributed by atoms with Crippen LogP contribution in [0.1, 0.15) is 23.2 Å². The summed E-state index contributed by atoms with van der Waals surface area (Å²) in [4.78, 5) is 11.0. The summed E-state index contributed by atoms with van der Waals surface area (Å²) in [5.41, 5.74) is 4.06. The summed E-state index contributed by atoms with van der Waals surface area (Å²) in [7, 11) is 0. The normalized spacial score (nSPS) is 11.1. The van der Waals surface area contributed by atoms with Crippen molar-refractivity contribution in [1.82, 2.24) is 4.57 Å². The average Bonchev–Trinajstić information content (AvgIpc) is 2.79. The Hall–Kier alpha value is -2.46. The molecule has 1 aromatic heterocycles. The topological polar surface area (TPSA) is 62.5 Å². The number of aromatic hydroxyl groups is 1. The first kappa shape index (κ1) is 16.4. The number of fused-ring (bicyclic) bond motifs is 1. The Morgan fingerprint density at radius 1 is 1.17 bits per heavy atom. The van der Waals surface area contributed by atoms with Crippen molar-refractivity contribution in [1.29, 1.82) is 0 Å². The SMILES string of the molecule is Cc1c(CCC(=O)O)n(Cc2ccc(Cl)cc2)c2ccc(O)cc12. The average molecular weight is 344 g/mol. The lowest BCUT2D eigenvalue weighted by Gasteiger charge is -2.11. The number of carboxylic acids is 1. The molecule has 0 unspecified atom stereocenters. The molecule has 0 amide bonds. The summed E-state index contributed by atoms with van der Waals surface area (Å²) in [6, 6.07) is 12.9. The van der Waals surface area contributed by atoms with E-state index in [1.165, 1.54) is 0 Å². The van der Waals surface area contributed by atoms with Crippen molar-refractivity contribution in [2.45, 2.75) is 26.3 Å². The van der Waals surface area contributed by atoms with Crippen LogP contribution >= 0.6 is 11.6 Å². The van der Waals surface area contributed by atoms with Gasteiger partial charge in [-0.2, -0.15) is 0 Å². The molecule has 3 rings (SSSR count). The van der Waals surface area contributed by atoms with Crippen LogP contribution in [0.3, 0.4) is 0 Å². The number of aromatic nitrogens is 1. The highest BCUT2D eigenvalue weighted by molar-refractivity contribution is 6.30. The summed E-state index contributed by atoms with van der Waals surface area (Å²) in [6.07, 6.45) is 0.522. The first-order valence-corrected chi connectivity index (χ1v) is 8.10. The van der Waals surface area contributed by atoms with Crippen LogP contribution in [0.4, 0.5) is 0 Å². The first-order chi connectivity index (χ1) is 11.5. The van der Waals surface area contributed by atoms with Crippen molar-refractivity contribution >= 4 is 28.5 Å². The lowest BCUT2D eigenvalue weighted by Crippen LogP contribution is -2.07. The van der Waals surface area contributed by atoms with Crippen LogP contribution < -0.4 is 0 Å². The Kier molecular flexibility index (Phi) is 4.49. The molecular weight excluding hydrogens is 326 g/mol. The van der Waals surface area contributed by atoms with E-state index in [0.29, 0.717) is 18.0 Å². The second-order valence-electron chi connectivity index (χ2n) is 5.88. The molecule has 0 saturated carbocycles. The zero-order valence-electron chi connectivity index (χ0n) is 13.3. The molecule has 3 aromatic rings. The molecule has 0 fully saturated rings. The van der Waals surface area contributed by atoms with E-state index in [1.807, 2.05) is 37.3 Å².